The van der Waals surface area contributed by atoms with Crippen molar-refractivity contribution in [2.75, 3.05) is 0 Å². The van der Waals surface area contributed by atoms with Crippen molar-refractivity contribution < 1.29 is 18.0 Å². The van der Waals surface area contributed by atoms with Crippen molar-refractivity contribution in [1.29, 1.82) is 0 Å². The van der Waals surface area contributed by atoms with Crippen LogP contribution in [-0.2, 0) is 10.0 Å². The highest BCUT2D eigenvalue weighted by molar-refractivity contribution is 7.90. The van der Waals surface area contributed by atoms with Gasteiger partial charge in [-0.2, -0.15) is 0 Å². The van der Waals surface area contributed by atoms with Gasteiger partial charge in [0.05, 0.1) is 5.56 Å². The van der Waals surface area contributed by atoms with E-state index in [-0.39, 0.29) is 34.0 Å². The Bertz CT molecular complexity index is 828. The maximum atomic E-state index is 12.7. The summed E-state index contributed by atoms with van der Waals surface area (Å²) in [5.74, 6) is -0.152. The standard InChI is InChI=1S/C19H26N2O4S/c1-12(2)5-4-6-13(3)20-18(22)14-7-10-16-17(11-14)26(24,25)21(19(16)23)15-8-9-15/h7,10-13,15H,4-6,8-9H2,1-3H3,(H,20,22). The third kappa shape index (κ3) is 3.63. The number of hydrogen-bond acceptors (Lipinski definition) is 4. The summed E-state index contributed by atoms with van der Waals surface area (Å²) in [6.45, 7) is 6.28. The van der Waals surface area contributed by atoms with E-state index in [1.807, 2.05) is 6.92 Å². The Morgan fingerprint density at radius 1 is 1.23 bits per heavy atom. The smallest absolute Gasteiger partial charge is 0.269 e. The topological polar surface area (TPSA) is 83.6 Å². The molecule has 0 spiro atoms. The summed E-state index contributed by atoms with van der Waals surface area (Å²) in [4.78, 5) is 24.8. The minimum Gasteiger partial charge on any atom is -0.350 e. The van der Waals surface area contributed by atoms with Crippen LogP contribution in [0, 0.1) is 5.92 Å². The number of sulfonamides is 1. The number of carbonyl (C=O) groups is 2. The summed E-state index contributed by atoms with van der Waals surface area (Å²) in [6.07, 6.45) is 4.43. The highest BCUT2D eigenvalue weighted by atomic mass is 32.2. The molecular formula is C19H26N2O4S. The molecule has 1 atom stereocenters. The van der Waals surface area contributed by atoms with E-state index >= 15 is 0 Å². The average molecular weight is 378 g/mol. The number of nitrogens with zero attached hydrogens (tertiary/aromatic N) is 1. The second-order valence-corrected chi connectivity index (χ2v) is 9.53. The zero-order chi connectivity index (χ0) is 19.1. The Hall–Kier alpha value is -1.89. The van der Waals surface area contributed by atoms with Crippen molar-refractivity contribution in [3.05, 3.63) is 29.3 Å². The monoisotopic (exact) mass is 378 g/mol. The molecule has 0 aromatic heterocycles. The molecule has 2 amide bonds. The third-order valence-corrected chi connectivity index (χ3v) is 6.76. The number of hydrogen-bond donors (Lipinski definition) is 1. The lowest BCUT2D eigenvalue weighted by molar-refractivity contribution is 0.0863. The predicted molar refractivity (Wildman–Crippen MR) is 98.4 cm³/mol. The SMILES string of the molecule is CC(C)CCCC(C)NC(=O)c1ccc2c(c1)S(=O)(=O)N(C1CC1)C2=O. The van der Waals surface area contributed by atoms with E-state index in [1.54, 1.807) is 0 Å². The first kappa shape index (κ1) is 18.9. The van der Waals surface area contributed by atoms with E-state index in [0.29, 0.717) is 18.8 Å². The third-order valence-electron chi connectivity index (χ3n) is 4.89. The molecule has 1 aliphatic heterocycles. The van der Waals surface area contributed by atoms with E-state index in [1.165, 1.54) is 18.2 Å². The largest absolute Gasteiger partial charge is 0.350 e. The van der Waals surface area contributed by atoms with Crippen LogP contribution in [0.15, 0.2) is 23.1 Å². The molecule has 1 aliphatic carbocycles. The molecular weight excluding hydrogens is 352 g/mol. The predicted octanol–water partition coefficient (Wildman–Crippen LogP) is 2.94. The highest BCUT2D eigenvalue weighted by Gasteiger charge is 2.48. The molecule has 1 saturated carbocycles. The Morgan fingerprint density at radius 3 is 2.54 bits per heavy atom. The van der Waals surface area contributed by atoms with Crippen LogP contribution in [0.2, 0.25) is 0 Å². The summed E-state index contributed by atoms with van der Waals surface area (Å²) in [6, 6.07) is 4.10. The molecule has 1 heterocycles. The summed E-state index contributed by atoms with van der Waals surface area (Å²) in [7, 11) is -3.84. The van der Waals surface area contributed by atoms with Crippen molar-refractivity contribution in [3.63, 3.8) is 0 Å². The molecule has 1 unspecified atom stereocenters. The van der Waals surface area contributed by atoms with Crippen molar-refractivity contribution in [2.24, 2.45) is 5.92 Å². The molecule has 1 aromatic carbocycles. The van der Waals surface area contributed by atoms with Crippen molar-refractivity contribution in [3.8, 4) is 0 Å². The van der Waals surface area contributed by atoms with Crippen LogP contribution in [0.5, 0.6) is 0 Å². The first-order valence-corrected chi connectivity index (χ1v) is 10.7. The van der Waals surface area contributed by atoms with Crippen molar-refractivity contribution in [2.45, 2.75) is 69.9 Å². The number of benzene rings is 1. The van der Waals surface area contributed by atoms with Gasteiger partial charge in [-0.25, -0.2) is 12.7 Å². The van der Waals surface area contributed by atoms with E-state index in [2.05, 4.69) is 19.2 Å². The number of rotatable bonds is 7. The van der Waals surface area contributed by atoms with Gasteiger partial charge in [0.25, 0.3) is 21.8 Å². The van der Waals surface area contributed by atoms with E-state index in [9.17, 15) is 18.0 Å². The molecule has 0 bridgehead atoms. The molecule has 0 radical (unpaired) electrons. The van der Waals surface area contributed by atoms with Crippen LogP contribution in [0.25, 0.3) is 0 Å². The van der Waals surface area contributed by atoms with Crippen LogP contribution < -0.4 is 5.32 Å². The fourth-order valence-corrected chi connectivity index (χ4v) is 5.11. The summed E-state index contributed by atoms with van der Waals surface area (Å²) in [5, 5.41) is 2.91. The summed E-state index contributed by atoms with van der Waals surface area (Å²) in [5.41, 5.74) is 0.437. The lowest BCUT2D eigenvalue weighted by atomic mass is 10.0. The number of carbonyl (C=O) groups excluding carboxylic acids is 2. The number of fused-ring (bicyclic) bond motifs is 1. The molecule has 1 aromatic rings. The van der Waals surface area contributed by atoms with Gasteiger partial charge in [-0.1, -0.05) is 26.7 Å². The fraction of sp³-hybridized carbons (Fsp3) is 0.579. The van der Waals surface area contributed by atoms with Gasteiger partial charge in [0.15, 0.2) is 0 Å². The van der Waals surface area contributed by atoms with E-state index in [0.717, 1.165) is 23.6 Å². The van der Waals surface area contributed by atoms with Crippen molar-refractivity contribution in [1.82, 2.24) is 9.62 Å². The Balaban J connectivity index is 1.73. The minimum atomic E-state index is -3.84. The molecule has 1 N–H and O–H groups in total. The molecule has 0 saturated heterocycles. The molecule has 3 rings (SSSR count). The van der Waals surface area contributed by atoms with Gasteiger partial charge in [-0.05, 0) is 50.3 Å². The lowest BCUT2D eigenvalue weighted by Gasteiger charge is -2.15. The first-order valence-electron chi connectivity index (χ1n) is 9.25. The molecule has 7 heteroatoms. The maximum Gasteiger partial charge on any atom is 0.269 e. The normalized spacial score (nSPS) is 19.5. The van der Waals surface area contributed by atoms with Gasteiger partial charge in [0, 0.05) is 17.6 Å². The highest BCUT2D eigenvalue weighted by Crippen LogP contribution is 2.39. The van der Waals surface area contributed by atoms with Gasteiger partial charge in [0.2, 0.25) is 0 Å². The molecule has 1 fully saturated rings. The van der Waals surface area contributed by atoms with Gasteiger partial charge in [-0.3, -0.25) is 9.59 Å². The van der Waals surface area contributed by atoms with Crippen LogP contribution in [0.1, 0.15) is 73.6 Å². The van der Waals surface area contributed by atoms with E-state index < -0.39 is 15.9 Å². The minimum absolute atomic E-state index is 0.00991. The van der Waals surface area contributed by atoms with E-state index in [4.69, 9.17) is 0 Å². The van der Waals surface area contributed by atoms with Crippen LogP contribution >= 0.6 is 0 Å². The van der Waals surface area contributed by atoms with Gasteiger partial charge in [-0.15, -0.1) is 0 Å². The van der Waals surface area contributed by atoms with Crippen molar-refractivity contribution >= 4 is 21.8 Å². The average Bonchev–Trinajstić information content (AvgIpc) is 3.35. The van der Waals surface area contributed by atoms with Gasteiger partial charge in [0.1, 0.15) is 4.90 Å². The Labute approximate surface area is 155 Å². The summed E-state index contributed by atoms with van der Waals surface area (Å²) >= 11 is 0. The summed E-state index contributed by atoms with van der Waals surface area (Å²) < 4.78 is 26.3. The zero-order valence-electron chi connectivity index (χ0n) is 15.5. The van der Waals surface area contributed by atoms with Gasteiger partial charge >= 0.3 is 0 Å². The van der Waals surface area contributed by atoms with Crippen LogP contribution in [0.4, 0.5) is 0 Å². The first-order chi connectivity index (χ1) is 12.2. The van der Waals surface area contributed by atoms with Crippen LogP contribution in [-0.4, -0.2) is 36.6 Å². The molecule has 6 nitrogen and oxygen atoms in total. The molecule has 142 valence electrons. The maximum absolute atomic E-state index is 12.7. The molecule has 2 aliphatic rings. The Kier molecular flexibility index (Phi) is 5.10. The molecule has 26 heavy (non-hydrogen) atoms. The van der Waals surface area contributed by atoms with Gasteiger partial charge < -0.3 is 5.32 Å². The quantitative estimate of drug-likeness (QED) is 0.791. The number of nitrogens with one attached hydrogen (secondary N) is 1. The Morgan fingerprint density at radius 2 is 1.92 bits per heavy atom. The lowest BCUT2D eigenvalue weighted by Crippen LogP contribution is -2.32. The van der Waals surface area contributed by atoms with Crippen LogP contribution in [0.3, 0.4) is 0 Å². The zero-order valence-corrected chi connectivity index (χ0v) is 16.3. The second-order valence-electron chi connectivity index (χ2n) is 7.75. The fourth-order valence-electron chi connectivity index (χ4n) is 3.27. The number of amides is 2. The second kappa shape index (κ2) is 7.02.